The van der Waals surface area contributed by atoms with E-state index < -0.39 is 0 Å². The molecule has 4 heteroatoms. The Morgan fingerprint density at radius 3 is 2.55 bits per heavy atom. The Hall–Kier alpha value is -1.13. The van der Waals surface area contributed by atoms with Gasteiger partial charge in [0.05, 0.1) is 0 Å². The Kier molecular flexibility index (Phi) is 8.23. The fourth-order valence-corrected chi connectivity index (χ4v) is 2.21. The maximum Gasteiger partial charge on any atom is 0.0443 e. The lowest BCUT2D eigenvalue weighted by atomic mass is 10.2. The van der Waals surface area contributed by atoms with Crippen LogP contribution in [-0.2, 0) is 6.54 Å². The fraction of sp³-hybridized carbons (Fsp3) is 0.688. The lowest BCUT2D eigenvalue weighted by Gasteiger charge is -2.28. The van der Waals surface area contributed by atoms with Gasteiger partial charge in [0, 0.05) is 49.8 Å². The van der Waals surface area contributed by atoms with Gasteiger partial charge in [-0.1, -0.05) is 13.8 Å². The van der Waals surface area contributed by atoms with Crippen LogP contribution in [0.25, 0.3) is 0 Å². The Balaban J connectivity index is 2.77. The lowest BCUT2D eigenvalue weighted by Crippen LogP contribution is -2.33. The van der Waals surface area contributed by atoms with Gasteiger partial charge in [-0.3, -0.25) is 4.98 Å². The van der Waals surface area contributed by atoms with Gasteiger partial charge < -0.3 is 15.1 Å². The molecule has 1 rings (SSSR count). The van der Waals surface area contributed by atoms with Crippen molar-refractivity contribution in [3.8, 4) is 0 Å². The zero-order valence-electron chi connectivity index (χ0n) is 13.5. The average molecular weight is 278 g/mol. The van der Waals surface area contributed by atoms with Crippen molar-refractivity contribution >= 4 is 5.69 Å². The quantitative estimate of drug-likeness (QED) is 0.666. The van der Waals surface area contributed by atoms with Crippen molar-refractivity contribution in [3.05, 3.63) is 24.0 Å². The highest BCUT2D eigenvalue weighted by atomic mass is 15.2. The van der Waals surface area contributed by atoms with Gasteiger partial charge in [0.25, 0.3) is 0 Å². The van der Waals surface area contributed by atoms with Crippen molar-refractivity contribution < 1.29 is 0 Å². The molecule has 0 radical (unpaired) electrons. The summed E-state index contributed by atoms with van der Waals surface area (Å²) in [5.41, 5.74) is 2.63. The van der Waals surface area contributed by atoms with Gasteiger partial charge in [-0.15, -0.1) is 0 Å². The highest BCUT2D eigenvalue weighted by Gasteiger charge is 2.10. The molecule has 20 heavy (non-hydrogen) atoms. The first-order chi connectivity index (χ1) is 9.69. The van der Waals surface area contributed by atoms with Gasteiger partial charge in [-0.05, 0) is 39.5 Å². The molecule has 0 saturated carbocycles. The number of nitrogens with zero attached hydrogens (tertiary/aromatic N) is 3. The minimum Gasteiger partial charge on any atom is -0.370 e. The normalized spacial score (nSPS) is 11.1. The number of rotatable bonds is 10. The molecule has 0 amide bonds. The van der Waals surface area contributed by atoms with Crippen LogP contribution in [0.3, 0.4) is 0 Å². The highest BCUT2D eigenvalue weighted by molar-refractivity contribution is 5.52. The molecular formula is C16H30N4. The van der Waals surface area contributed by atoms with E-state index in [0.29, 0.717) is 0 Å². The van der Waals surface area contributed by atoms with Gasteiger partial charge in [-0.2, -0.15) is 0 Å². The van der Waals surface area contributed by atoms with Crippen LogP contribution in [0.5, 0.6) is 0 Å². The standard InChI is InChI=1S/C16H30N4/c1-5-8-17-13-15-14-18-9-7-16(15)20(10-6-2)12-11-19(3)4/h7,9,14,17H,5-6,8,10-13H2,1-4H3. The third-order valence-corrected chi connectivity index (χ3v) is 3.27. The van der Waals surface area contributed by atoms with E-state index in [4.69, 9.17) is 0 Å². The van der Waals surface area contributed by atoms with Crippen LogP contribution in [0.15, 0.2) is 18.5 Å². The monoisotopic (exact) mass is 278 g/mol. The predicted octanol–water partition coefficient (Wildman–Crippen LogP) is 2.36. The summed E-state index contributed by atoms with van der Waals surface area (Å²) in [6.45, 7) is 9.61. The predicted molar refractivity (Wildman–Crippen MR) is 87.3 cm³/mol. The largest absolute Gasteiger partial charge is 0.370 e. The van der Waals surface area contributed by atoms with E-state index in [-0.39, 0.29) is 0 Å². The summed E-state index contributed by atoms with van der Waals surface area (Å²) in [6.07, 6.45) is 6.22. The van der Waals surface area contributed by atoms with Crippen molar-refractivity contribution in [2.45, 2.75) is 33.2 Å². The summed E-state index contributed by atoms with van der Waals surface area (Å²) < 4.78 is 0. The highest BCUT2D eigenvalue weighted by Crippen LogP contribution is 2.19. The number of nitrogens with one attached hydrogen (secondary N) is 1. The minimum absolute atomic E-state index is 0.902. The number of pyridine rings is 1. The van der Waals surface area contributed by atoms with Crippen LogP contribution < -0.4 is 10.2 Å². The molecule has 0 bridgehead atoms. The maximum absolute atomic E-state index is 4.28. The first-order valence-electron chi connectivity index (χ1n) is 7.72. The maximum atomic E-state index is 4.28. The fourth-order valence-electron chi connectivity index (χ4n) is 2.21. The van der Waals surface area contributed by atoms with Crippen molar-refractivity contribution in [1.82, 2.24) is 15.2 Å². The molecule has 0 aromatic carbocycles. The number of hydrogen-bond donors (Lipinski definition) is 1. The molecule has 0 unspecified atom stereocenters. The summed E-state index contributed by atoms with van der Waals surface area (Å²) in [6, 6.07) is 2.15. The topological polar surface area (TPSA) is 31.4 Å². The van der Waals surface area contributed by atoms with E-state index in [2.05, 4.69) is 54.1 Å². The molecular weight excluding hydrogens is 248 g/mol. The van der Waals surface area contributed by atoms with Crippen molar-refractivity contribution in [1.29, 1.82) is 0 Å². The Labute approximate surface area is 124 Å². The summed E-state index contributed by atoms with van der Waals surface area (Å²) in [4.78, 5) is 9.00. The smallest absolute Gasteiger partial charge is 0.0443 e. The molecule has 1 N–H and O–H groups in total. The lowest BCUT2D eigenvalue weighted by molar-refractivity contribution is 0.412. The van der Waals surface area contributed by atoms with E-state index in [1.54, 1.807) is 0 Å². The molecule has 4 nitrogen and oxygen atoms in total. The van der Waals surface area contributed by atoms with Crippen LogP contribution in [0.1, 0.15) is 32.3 Å². The van der Waals surface area contributed by atoms with Crippen LogP contribution in [0.2, 0.25) is 0 Å². The van der Waals surface area contributed by atoms with Crippen LogP contribution in [0.4, 0.5) is 5.69 Å². The van der Waals surface area contributed by atoms with Gasteiger partial charge in [0.2, 0.25) is 0 Å². The first kappa shape index (κ1) is 16.9. The Morgan fingerprint density at radius 2 is 1.90 bits per heavy atom. The zero-order chi connectivity index (χ0) is 14.8. The van der Waals surface area contributed by atoms with Crippen molar-refractivity contribution in [2.75, 3.05) is 45.2 Å². The molecule has 1 heterocycles. The van der Waals surface area contributed by atoms with Gasteiger partial charge in [0.1, 0.15) is 0 Å². The van der Waals surface area contributed by atoms with Gasteiger partial charge in [0.15, 0.2) is 0 Å². The molecule has 0 saturated heterocycles. The van der Waals surface area contributed by atoms with E-state index in [0.717, 1.165) is 45.6 Å². The molecule has 0 fully saturated rings. The van der Waals surface area contributed by atoms with E-state index in [1.807, 2.05) is 12.4 Å². The van der Waals surface area contributed by atoms with E-state index in [1.165, 1.54) is 11.3 Å². The van der Waals surface area contributed by atoms with Crippen LogP contribution in [-0.4, -0.2) is 50.2 Å². The SMILES string of the molecule is CCCNCc1cnccc1N(CCC)CCN(C)C. The Bertz CT molecular complexity index is 365. The summed E-state index contributed by atoms with van der Waals surface area (Å²) in [7, 11) is 4.25. The summed E-state index contributed by atoms with van der Waals surface area (Å²) in [5, 5.41) is 3.48. The Morgan fingerprint density at radius 1 is 1.10 bits per heavy atom. The second kappa shape index (κ2) is 9.72. The van der Waals surface area contributed by atoms with Gasteiger partial charge in [-0.25, -0.2) is 0 Å². The molecule has 0 aliphatic carbocycles. The van der Waals surface area contributed by atoms with Crippen molar-refractivity contribution in [3.63, 3.8) is 0 Å². The average Bonchev–Trinajstić information content (AvgIpc) is 2.44. The molecule has 1 aromatic heterocycles. The third-order valence-electron chi connectivity index (χ3n) is 3.27. The third kappa shape index (κ3) is 5.88. The number of anilines is 1. The van der Waals surface area contributed by atoms with E-state index in [9.17, 15) is 0 Å². The number of likely N-dealkylation sites (N-methyl/N-ethyl adjacent to an activating group) is 1. The zero-order valence-corrected chi connectivity index (χ0v) is 13.5. The molecule has 0 atom stereocenters. The molecule has 1 aromatic rings. The second-order valence-electron chi connectivity index (χ2n) is 5.47. The first-order valence-corrected chi connectivity index (χ1v) is 7.72. The molecule has 0 spiro atoms. The second-order valence-corrected chi connectivity index (χ2v) is 5.47. The molecule has 114 valence electrons. The van der Waals surface area contributed by atoms with Gasteiger partial charge >= 0.3 is 0 Å². The number of aromatic nitrogens is 1. The molecule has 0 aliphatic rings. The van der Waals surface area contributed by atoms with Crippen LogP contribution >= 0.6 is 0 Å². The molecule has 0 aliphatic heterocycles. The number of hydrogen-bond acceptors (Lipinski definition) is 4. The van der Waals surface area contributed by atoms with Crippen molar-refractivity contribution in [2.24, 2.45) is 0 Å². The van der Waals surface area contributed by atoms with Crippen LogP contribution in [0, 0.1) is 0 Å². The van der Waals surface area contributed by atoms with E-state index >= 15 is 0 Å². The minimum atomic E-state index is 0.902. The summed E-state index contributed by atoms with van der Waals surface area (Å²) in [5.74, 6) is 0. The summed E-state index contributed by atoms with van der Waals surface area (Å²) >= 11 is 0.